The van der Waals surface area contributed by atoms with Gasteiger partial charge < -0.3 is 4.52 Å². The Morgan fingerprint density at radius 3 is 2.57 bits per heavy atom. The summed E-state index contributed by atoms with van der Waals surface area (Å²) in [7, 11) is 0. The van der Waals surface area contributed by atoms with Gasteiger partial charge in [0.15, 0.2) is 10.8 Å². The smallest absolute Gasteiger partial charge is 0.269 e. The number of nitrogens with zero attached hydrogens (tertiary/aromatic N) is 6. The van der Waals surface area contributed by atoms with Crippen LogP contribution >= 0.6 is 11.3 Å². The average Bonchev–Trinajstić information content (AvgIpc) is 3.47. The van der Waals surface area contributed by atoms with Crippen molar-refractivity contribution in [1.29, 1.82) is 0 Å². The molecule has 0 atom stereocenters. The third-order valence-corrected chi connectivity index (χ3v) is 6.38. The second-order valence-corrected chi connectivity index (χ2v) is 8.71. The minimum Gasteiger partial charge on any atom is -0.333 e. The van der Waals surface area contributed by atoms with E-state index in [0.717, 1.165) is 27.9 Å². The number of thiazole rings is 1. The molecule has 0 spiro atoms. The fraction of sp³-hybridized carbons (Fsp3) is 0.318. The maximum Gasteiger partial charge on any atom is 0.269 e. The molecule has 1 aliphatic heterocycles. The van der Waals surface area contributed by atoms with Crippen molar-refractivity contribution in [3.63, 3.8) is 0 Å². The van der Waals surface area contributed by atoms with Crippen molar-refractivity contribution in [2.45, 2.75) is 26.3 Å². The number of benzene rings is 1. The van der Waals surface area contributed by atoms with Gasteiger partial charge in [0, 0.05) is 24.5 Å². The van der Waals surface area contributed by atoms with Crippen molar-refractivity contribution in [2.75, 3.05) is 13.1 Å². The Kier molecular flexibility index (Phi) is 5.33. The van der Waals surface area contributed by atoms with Gasteiger partial charge in [-0.3, -0.25) is 4.90 Å². The molecule has 0 bridgehead atoms. The summed E-state index contributed by atoms with van der Waals surface area (Å²) >= 11 is 1.43. The zero-order valence-corrected chi connectivity index (χ0v) is 17.5. The number of hydrogen-bond acceptors (Lipinski definition) is 8. The molecule has 0 radical (unpaired) electrons. The van der Waals surface area contributed by atoms with Gasteiger partial charge in [-0.15, -0.1) is 11.3 Å². The molecule has 4 heterocycles. The standard InChI is InChI=1S/C22H22N6OS/c1-15-7-11-28(12-8-15)14-16-3-5-17(6-4-16)19-26-21(29-27-19)18-13-25-22(30-18)20-23-9-2-10-24-20/h2-6,9-10,13,15H,7-8,11-12,14H2,1H3. The van der Waals surface area contributed by atoms with Gasteiger partial charge in [-0.25, -0.2) is 15.0 Å². The van der Waals surface area contributed by atoms with Gasteiger partial charge in [0.2, 0.25) is 5.82 Å². The van der Waals surface area contributed by atoms with Crippen LogP contribution in [0, 0.1) is 5.92 Å². The van der Waals surface area contributed by atoms with Crippen LogP contribution in [0.1, 0.15) is 25.3 Å². The Bertz CT molecular complexity index is 1100. The quantitative estimate of drug-likeness (QED) is 0.470. The van der Waals surface area contributed by atoms with E-state index in [2.05, 4.69) is 61.2 Å². The van der Waals surface area contributed by atoms with E-state index in [9.17, 15) is 0 Å². The third kappa shape index (κ3) is 4.15. The highest BCUT2D eigenvalue weighted by molar-refractivity contribution is 7.18. The van der Waals surface area contributed by atoms with Crippen molar-refractivity contribution in [1.82, 2.24) is 30.0 Å². The van der Waals surface area contributed by atoms with E-state index >= 15 is 0 Å². The van der Waals surface area contributed by atoms with Crippen LogP contribution in [0.4, 0.5) is 0 Å². The van der Waals surface area contributed by atoms with Gasteiger partial charge in [-0.1, -0.05) is 36.3 Å². The van der Waals surface area contributed by atoms with Crippen LogP contribution in [0.15, 0.2) is 53.4 Å². The largest absolute Gasteiger partial charge is 0.333 e. The Balaban J connectivity index is 1.28. The molecule has 152 valence electrons. The summed E-state index contributed by atoms with van der Waals surface area (Å²) in [5.74, 6) is 2.48. The van der Waals surface area contributed by atoms with Crippen LogP contribution in [0.3, 0.4) is 0 Å². The minimum atomic E-state index is 0.455. The molecule has 0 aliphatic carbocycles. The molecule has 4 aromatic rings. The first-order valence-electron chi connectivity index (χ1n) is 10.1. The van der Waals surface area contributed by atoms with Crippen molar-refractivity contribution in [3.05, 3.63) is 54.5 Å². The second kappa shape index (κ2) is 8.41. The summed E-state index contributed by atoms with van der Waals surface area (Å²) in [6.07, 6.45) is 7.70. The van der Waals surface area contributed by atoms with Crippen molar-refractivity contribution in [2.24, 2.45) is 5.92 Å². The SMILES string of the molecule is CC1CCN(Cc2ccc(-c3noc(-c4cnc(-c5ncccn5)s4)n3)cc2)CC1. The Hall–Kier alpha value is -2.97. The summed E-state index contributed by atoms with van der Waals surface area (Å²) in [6.45, 7) is 5.70. The molecule has 30 heavy (non-hydrogen) atoms. The molecule has 5 rings (SSSR count). The number of aromatic nitrogens is 5. The first-order chi connectivity index (χ1) is 14.7. The number of hydrogen-bond donors (Lipinski definition) is 0. The van der Waals surface area contributed by atoms with Crippen molar-refractivity contribution >= 4 is 11.3 Å². The minimum absolute atomic E-state index is 0.455. The Morgan fingerprint density at radius 1 is 1.03 bits per heavy atom. The van der Waals surface area contributed by atoms with Crippen LogP contribution < -0.4 is 0 Å². The van der Waals surface area contributed by atoms with E-state index in [4.69, 9.17) is 4.52 Å². The fourth-order valence-corrected chi connectivity index (χ4v) is 4.35. The van der Waals surface area contributed by atoms with Crippen molar-refractivity contribution in [3.8, 4) is 33.0 Å². The van der Waals surface area contributed by atoms with Gasteiger partial charge in [-0.05, 0) is 43.5 Å². The molecule has 1 saturated heterocycles. The summed E-state index contributed by atoms with van der Waals surface area (Å²) in [5, 5.41) is 4.87. The maximum atomic E-state index is 5.48. The first kappa shape index (κ1) is 19.0. The number of rotatable bonds is 5. The predicted octanol–water partition coefficient (Wildman–Crippen LogP) is 4.55. The lowest BCUT2D eigenvalue weighted by Gasteiger charge is -2.30. The highest BCUT2D eigenvalue weighted by Gasteiger charge is 2.17. The second-order valence-electron chi connectivity index (χ2n) is 7.68. The highest BCUT2D eigenvalue weighted by Crippen LogP contribution is 2.30. The van der Waals surface area contributed by atoms with E-state index < -0.39 is 0 Å². The topological polar surface area (TPSA) is 80.8 Å². The van der Waals surface area contributed by atoms with Gasteiger partial charge >= 0.3 is 0 Å². The molecule has 7 nitrogen and oxygen atoms in total. The Morgan fingerprint density at radius 2 is 1.80 bits per heavy atom. The van der Waals surface area contributed by atoms with E-state index in [-0.39, 0.29) is 0 Å². The molecule has 1 aliphatic rings. The molecule has 1 aromatic carbocycles. The van der Waals surface area contributed by atoms with Gasteiger partial charge in [0.1, 0.15) is 4.88 Å². The zero-order valence-electron chi connectivity index (χ0n) is 16.7. The lowest BCUT2D eigenvalue weighted by atomic mass is 9.99. The van der Waals surface area contributed by atoms with Crippen LogP contribution in [0.2, 0.25) is 0 Å². The van der Waals surface area contributed by atoms with E-state index in [1.165, 1.54) is 42.8 Å². The lowest BCUT2D eigenvalue weighted by Crippen LogP contribution is -2.32. The van der Waals surface area contributed by atoms with E-state index in [0.29, 0.717) is 17.5 Å². The van der Waals surface area contributed by atoms with Crippen LogP contribution in [-0.4, -0.2) is 43.1 Å². The Labute approximate surface area is 178 Å². The van der Waals surface area contributed by atoms with E-state index in [1.54, 1.807) is 24.7 Å². The average molecular weight is 419 g/mol. The molecule has 1 fully saturated rings. The third-order valence-electron chi connectivity index (χ3n) is 5.39. The van der Waals surface area contributed by atoms with Crippen molar-refractivity contribution < 1.29 is 4.52 Å². The van der Waals surface area contributed by atoms with Crippen LogP contribution in [-0.2, 0) is 6.54 Å². The van der Waals surface area contributed by atoms with Gasteiger partial charge in [0.25, 0.3) is 5.89 Å². The molecular formula is C22H22N6OS. The fourth-order valence-electron chi connectivity index (χ4n) is 3.56. The molecule has 0 unspecified atom stereocenters. The van der Waals surface area contributed by atoms with E-state index in [1.807, 2.05) is 0 Å². The summed E-state index contributed by atoms with van der Waals surface area (Å²) in [5.41, 5.74) is 2.25. The maximum absolute atomic E-state index is 5.48. The first-order valence-corrected chi connectivity index (χ1v) is 11.0. The van der Waals surface area contributed by atoms with Gasteiger partial charge in [-0.2, -0.15) is 4.98 Å². The summed E-state index contributed by atoms with van der Waals surface area (Å²) < 4.78 is 5.48. The van der Waals surface area contributed by atoms with Crippen LogP contribution in [0.5, 0.6) is 0 Å². The monoisotopic (exact) mass is 418 g/mol. The molecule has 8 heteroatoms. The molecule has 0 N–H and O–H groups in total. The molecule has 0 saturated carbocycles. The summed E-state index contributed by atoms with van der Waals surface area (Å²) in [6, 6.07) is 10.2. The number of likely N-dealkylation sites (tertiary alicyclic amines) is 1. The predicted molar refractivity (Wildman–Crippen MR) is 116 cm³/mol. The summed E-state index contributed by atoms with van der Waals surface area (Å²) in [4.78, 5) is 20.7. The zero-order chi connectivity index (χ0) is 20.3. The van der Waals surface area contributed by atoms with Crippen LogP contribution in [0.25, 0.3) is 33.0 Å². The van der Waals surface area contributed by atoms with Gasteiger partial charge in [0.05, 0.1) is 6.20 Å². The lowest BCUT2D eigenvalue weighted by molar-refractivity contribution is 0.185. The number of piperidine rings is 1. The normalized spacial score (nSPS) is 15.5. The molecule has 0 amide bonds. The molecule has 3 aromatic heterocycles. The molecular weight excluding hydrogens is 396 g/mol. The highest BCUT2D eigenvalue weighted by atomic mass is 32.1.